The molecule has 1 aliphatic rings. The van der Waals surface area contributed by atoms with Gasteiger partial charge in [0.1, 0.15) is 5.82 Å². The molecule has 2 aromatic rings. The van der Waals surface area contributed by atoms with Crippen molar-refractivity contribution < 1.29 is 0 Å². The van der Waals surface area contributed by atoms with E-state index < -0.39 is 0 Å². The Morgan fingerprint density at radius 3 is 2.89 bits per heavy atom. The molecule has 0 saturated heterocycles. The Kier molecular flexibility index (Phi) is 3.19. The number of rotatable bonds is 2. The van der Waals surface area contributed by atoms with E-state index in [0.29, 0.717) is 0 Å². The molecular weight excluding hydrogens is 256 g/mol. The summed E-state index contributed by atoms with van der Waals surface area (Å²) in [5, 5.41) is 3.42. The van der Waals surface area contributed by atoms with Gasteiger partial charge in [-0.05, 0) is 0 Å². The lowest BCUT2D eigenvalue weighted by molar-refractivity contribution is 0.206. The van der Waals surface area contributed by atoms with E-state index in [4.69, 9.17) is 4.98 Å². The van der Waals surface area contributed by atoms with Crippen LogP contribution in [0, 0.1) is 0 Å². The summed E-state index contributed by atoms with van der Waals surface area (Å²) in [5.41, 5.74) is 1.34. The molecule has 19 heavy (non-hydrogen) atoms. The maximum absolute atomic E-state index is 4.77. The van der Waals surface area contributed by atoms with Gasteiger partial charge in [0.2, 0.25) is 0 Å². The molecule has 1 aliphatic heterocycles. The van der Waals surface area contributed by atoms with E-state index in [1.54, 1.807) is 11.3 Å². The van der Waals surface area contributed by atoms with E-state index in [-0.39, 0.29) is 5.41 Å². The number of aromatic nitrogens is 3. The van der Waals surface area contributed by atoms with E-state index in [2.05, 4.69) is 46.8 Å². The van der Waals surface area contributed by atoms with Gasteiger partial charge in [0, 0.05) is 42.8 Å². The highest BCUT2D eigenvalue weighted by molar-refractivity contribution is 7.09. The van der Waals surface area contributed by atoms with Crippen LogP contribution in [0.2, 0.25) is 0 Å². The minimum atomic E-state index is 0.154. The first kappa shape index (κ1) is 12.8. The molecule has 0 saturated carbocycles. The molecule has 0 N–H and O–H groups in total. The second kappa shape index (κ2) is 4.72. The molecule has 0 aliphatic carbocycles. The van der Waals surface area contributed by atoms with Crippen molar-refractivity contribution in [1.82, 2.24) is 19.4 Å². The Labute approximate surface area is 118 Å². The molecule has 4 nitrogen and oxygen atoms in total. The van der Waals surface area contributed by atoms with Crippen LogP contribution in [-0.4, -0.2) is 26.0 Å². The predicted molar refractivity (Wildman–Crippen MR) is 77.2 cm³/mol. The quantitative estimate of drug-likeness (QED) is 0.845. The molecular formula is C14H20N4S. The van der Waals surface area contributed by atoms with Crippen LogP contribution in [0.4, 0.5) is 0 Å². The fourth-order valence-electron chi connectivity index (χ4n) is 2.31. The topological polar surface area (TPSA) is 34.0 Å². The fourth-order valence-corrected chi connectivity index (χ4v) is 3.21. The molecule has 0 aromatic carbocycles. The molecule has 102 valence electrons. The van der Waals surface area contributed by atoms with Crippen LogP contribution in [0.5, 0.6) is 0 Å². The smallest absolute Gasteiger partial charge is 0.122 e. The third-order valence-corrected chi connectivity index (χ3v) is 4.72. The zero-order valence-corrected chi connectivity index (χ0v) is 12.6. The number of imidazole rings is 1. The van der Waals surface area contributed by atoms with Gasteiger partial charge in [-0.15, -0.1) is 11.3 Å². The zero-order chi connectivity index (χ0) is 13.5. The van der Waals surface area contributed by atoms with Crippen molar-refractivity contribution in [3.63, 3.8) is 0 Å². The number of thiazole rings is 1. The van der Waals surface area contributed by atoms with Crippen LogP contribution in [0.15, 0.2) is 17.8 Å². The van der Waals surface area contributed by atoms with Crippen LogP contribution >= 0.6 is 11.3 Å². The maximum atomic E-state index is 4.77. The zero-order valence-electron chi connectivity index (χ0n) is 11.8. The van der Waals surface area contributed by atoms with Gasteiger partial charge in [0.25, 0.3) is 0 Å². The normalized spacial score (nSPS) is 16.6. The van der Waals surface area contributed by atoms with Crippen molar-refractivity contribution in [1.29, 1.82) is 0 Å². The molecule has 0 fully saturated rings. The number of hydrogen-bond acceptors (Lipinski definition) is 4. The first-order valence-corrected chi connectivity index (χ1v) is 7.57. The van der Waals surface area contributed by atoms with E-state index in [9.17, 15) is 0 Å². The number of hydrogen-bond donors (Lipinski definition) is 0. The Balaban J connectivity index is 1.68. The summed E-state index contributed by atoms with van der Waals surface area (Å²) >= 11 is 1.77. The van der Waals surface area contributed by atoms with E-state index >= 15 is 0 Å². The largest absolute Gasteiger partial charge is 0.333 e. The molecule has 0 bridgehead atoms. The van der Waals surface area contributed by atoms with E-state index in [1.165, 1.54) is 10.7 Å². The third kappa shape index (κ3) is 2.72. The van der Waals surface area contributed by atoms with Gasteiger partial charge in [0.15, 0.2) is 0 Å². The Morgan fingerprint density at radius 1 is 1.32 bits per heavy atom. The van der Waals surface area contributed by atoms with Gasteiger partial charge in [-0.1, -0.05) is 20.8 Å². The summed E-state index contributed by atoms with van der Waals surface area (Å²) in [5.74, 6) is 1.16. The van der Waals surface area contributed by atoms with Gasteiger partial charge in [-0.2, -0.15) is 0 Å². The maximum Gasteiger partial charge on any atom is 0.122 e. The summed E-state index contributed by atoms with van der Waals surface area (Å²) < 4.78 is 2.23. The van der Waals surface area contributed by atoms with Crippen LogP contribution in [0.3, 0.4) is 0 Å². The van der Waals surface area contributed by atoms with Crippen LogP contribution in [-0.2, 0) is 25.0 Å². The molecule has 3 rings (SSSR count). The number of fused-ring (bicyclic) bond motifs is 1. The standard InChI is InChI=1S/C14H20N4S/c1-14(2,3)13-16-11(10-19-13)8-17-6-7-18-5-4-15-12(18)9-17/h4-5,10H,6-9H2,1-3H3. The fraction of sp³-hybridized carbons (Fsp3) is 0.571. The lowest BCUT2D eigenvalue weighted by Crippen LogP contribution is -2.33. The molecule has 0 atom stereocenters. The average Bonchev–Trinajstić information content (AvgIpc) is 2.95. The monoisotopic (exact) mass is 276 g/mol. The third-order valence-electron chi connectivity index (χ3n) is 3.40. The molecule has 2 aromatic heterocycles. The Hall–Kier alpha value is -1.20. The lowest BCUT2D eigenvalue weighted by atomic mass is 9.98. The van der Waals surface area contributed by atoms with Crippen LogP contribution in [0.25, 0.3) is 0 Å². The minimum absolute atomic E-state index is 0.154. The SMILES string of the molecule is CC(C)(C)c1nc(CN2CCn3ccnc3C2)cs1. The summed E-state index contributed by atoms with van der Waals surface area (Å²) in [4.78, 5) is 11.6. The average molecular weight is 276 g/mol. The van der Waals surface area contributed by atoms with Gasteiger partial charge in [0.05, 0.1) is 17.2 Å². The van der Waals surface area contributed by atoms with Crippen molar-refractivity contribution in [3.8, 4) is 0 Å². The molecule has 0 radical (unpaired) electrons. The predicted octanol–water partition coefficient (Wildman–Crippen LogP) is 2.65. The summed E-state index contributed by atoms with van der Waals surface area (Å²) in [6.07, 6.45) is 3.95. The second-order valence-corrected chi connectivity index (χ2v) is 7.00. The first-order chi connectivity index (χ1) is 9.02. The van der Waals surface area contributed by atoms with Gasteiger partial charge >= 0.3 is 0 Å². The van der Waals surface area contributed by atoms with Gasteiger partial charge in [-0.3, -0.25) is 4.90 Å². The molecule has 3 heterocycles. The van der Waals surface area contributed by atoms with Crippen molar-refractivity contribution in [2.75, 3.05) is 6.54 Å². The lowest BCUT2D eigenvalue weighted by Gasteiger charge is -2.26. The minimum Gasteiger partial charge on any atom is -0.333 e. The highest BCUT2D eigenvalue weighted by atomic mass is 32.1. The second-order valence-electron chi connectivity index (χ2n) is 6.14. The summed E-state index contributed by atoms with van der Waals surface area (Å²) in [6.45, 7) is 10.6. The van der Waals surface area contributed by atoms with Crippen molar-refractivity contribution in [3.05, 3.63) is 34.3 Å². The molecule has 0 spiro atoms. The van der Waals surface area contributed by atoms with Crippen LogP contribution in [0.1, 0.15) is 37.3 Å². The van der Waals surface area contributed by atoms with E-state index in [1.807, 2.05) is 6.20 Å². The summed E-state index contributed by atoms with van der Waals surface area (Å²) in [6, 6.07) is 0. The first-order valence-electron chi connectivity index (χ1n) is 6.69. The van der Waals surface area contributed by atoms with Gasteiger partial charge in [-0.25, -0.2) is 9.97 Å². The van der Waals surface area contributed by atoms with Gasteiger partial charge < -0.3 is 4.57 Å². The molecule has 0 unspecified atom stereocenters. The molecule has 0 amide bonds. The van der Waals surface area contributed by atoms with Crippen molar-refractivity contribution in [2.24, 2.45) is 0 Å². The summed E-state index contributed by atoms with van der Waals surface area (Å²) in [7, 11) is 0. The highest BCUT2D eigenvalue weighted by Gasteiger charge is 2.20. The van der Waals surface area contributed by atoms with Crippen LogP contribution < -0.4 is 0 Å². The highest BCUT2D eigenvalue weighted by Crippen LogP contribution is 2.26. The number of nitrogens with zero attached hydrogens (tertiary/aromatic N) is 4. The van der Waals surface area contributed by atoms with Crippen molar-refractivity contribution >= 4 is 11.3 Å². The Morgan fingerprint density at radius 2 is 2.16 bits per heavy atom. The Bertz CT molecular complexity index is 564. The van der Waals surface area contributed by atoms with Crippen molar-refractivity contribution in [2.45, 2.75) is 45.8 Å². The van der Waals surface area contributed by atoms with E-state index in [0.717, 1.165) is 32.0 Å². The molecule has 5 heteroatoms.